The highest BCUT2D eigenvalue weighted by atomic mass is 16.2. The summed E-state index contributed by atoms with van der Waals surface area (Å²) in [5.74, 6) is 1.51. The van der Waals surface area contributed by atoms with Gasteiger partial charge in [0.25, 0.3) is 0 Å². The van der Waals surface area contributed by atoms with Gasteiger partial charge in [-0.3, -0.25) is 4.79 Å². The van der Waals surface area contributed by atoms with E-state index in [-0.39, 0.29) is 5.92 Å². The molecule has 0 aromatic carbocycles. The fraction of sp³-hybridized carbons (Fsp3) is 0.933. The molecule has 102 valence electrons. The standard InChI is InChI=1S/C15H26N2O/c18-15(13-8-9-16-10-13)17(14-6-7-14)11-12-4-2-1-3-5-12/h12-14,16H,1-11H2. The number of amides is 1. The van der Waals surface area contributed by atoms with Crippen LogP contribution < -0.4 is 5.32 Å². The Morgan fingerprint density at radius 2 is 1.83 bits per heavy atom. The molecule has 0 aromatic rings. The van der Waals surface area contributed by atoms with Crippen molar-refractivity contribution in [3.05, 3.63) is 0 Å². The molecule has 0 spiro atoms. The van der Waals surface area contributed by atoms with E-state index in [1.165, 1.54) is 44.9 Å². The third-order valence-corrected chi connectivity index (χ3v) is 4.86. The lowest BCUT2D eigenvalue weighted by atomic mass is 9.88. The minimum Gasteiger partial charge on any atom is -0.339 e. The van der Waals surface area contributed by atoms with Crippen LogP contribution in [0.3, 0.4) is 0 Å². The first kappa shape index (κ1) is 12.5. The maximum Gasteiger partial charge on any atom is 0.227 e. The molecule has 3 heteroatoms. The molecule has 1 unspecified atom stereocenters. The van der Waals surface area contributed by atoms with Gasteiger partial charge in [0.1, 0.15) is 0 Å². The van der Waals surface area contributed by atoms with E-state index in [9.17, 15) is 4.79 Å². The van der Waals surface area contributed by atoms with Crippen molar-refractivity contribution in [2.75, 3.05) is 19.6 Å². The molecule has 1 atom stereocenters. The van der Waals surface area contributed by atoms with Gasteiger partial charge in [-0.15, -0.1) is 0 Å². The van der Waals surface area contributed by atoms with E-state index in [0.29, 0.717) is 11.9 Å². The van der Waals surface area contributed by atoms with Gasteiger partial charge in [-0.2, -0.15) is 0 Å². The first-order valence-corrected chi connectivity index (χ1v) is 7.86. The third-order valence-electron chi connectivity index (χ3n) is 4.86. The van der Waals surface area contributed by atoms with Crippen molar-refractivity contribution in [2.45, 2.75) is 57.4 Å². The molecule has 18 heavy (non-hydrogen) atoms. The number of hydrogen-bond donors (Lipinski definition) is 1. The molecule has 1 saturated heterocycles. The van der Waals surface area contributed by atoms with Crippen LogP contribution in [0.25, 0.3) is 0 Å². The van der Waals surface area contributed by atoms with E-state index in [1.807, 2.05) is 0 Å². The summed E-state index contributed by atoms with van der Waals surface area (Å²) in [6.07, 6.45) is 10.4. The molecular formula is C15H26N2O. The average molecular weight is 250 g/mol. The predicted octanol–water partition coefficient (Wildman–Crippen LogP) is 2.17. The molecule has 0 radical (unpaired) electrons. The summed E-state index contributed by atoms with van der Waals surface area (Å²) in [7, 11) is 0. The zero-order chi connectivity index (χ0) is 12.4. The Balaban J connectivity index is 1.58. The Morgan fingerprint density at radius 1 is 1.06 bits per heavy atom. The summed E-state index contributed by atoms with van der Waals surface area (Å²) in [5, 5.41) is 3.32. The predicted molar refractivity (Wildman–Crippen MR) is 72.3 cm³/mol. The molecule has 3 nitrogen and oxygen atoms in total. The number of nitrogens with zero attached hydrogens (tertiary/aromatic N) is 1. The molecule has 2 aliphatic carbocycles. The van der Waals surface area contributed by atoms with Crippen molar-refractivity contribution in [1.82, 2.24) is 10.2 Å². The normalized spacial score (nSPS) is 29.4. The van der Waals surface area contributed by atoms with Crippen LogP contribution in [0, 0.1) is 11.8 Å². The van der Waals surface area contributed by atoms with Crippen LogP contribution in [-0.2, 0) is 4.79 Å². The second-order valence-electron chi connectivity index (χ2n) is 6.42. The molecule has 1 amide bonds. The number of rotatable bonds is 4. The largest absolute Gasteiger partial charge is 0.339 e. The number of nitrogens with one attached hydrogen (secondary N) is 1. The molecular weight excluding hydrogens is 224 g/mol. The van der Waals surface area contributed by atoms with Crippen LogP contribution in [0.15, 0.2) is 0 Å². The minimum atomic E-state index is 0.272. The van der Waals surface area contributed by atoms with Crippen LogP contribution in [0.1, 0.15) is 51.4 Å². The van der Waals surface area contributed by atoms with Gasteiger partial charge in [0.05, 0.1) is 5.92 Å². The fourth-order valence-electron chi connectivity index (χ4n) is 3.55. The molecule has 1 N–H and O–H groups in total. The lowest BCUT2D eigenvalue weighted by molar-refractivity contribution is -0.136. The topological polar surface area (TPSA) is 32.3 Å². The highest BCUT2D eigenvalue weighted by molar-refractivity contribution is 5.80. The second-order valence-corrected chi connectivity index (χ2v) is 6.42. The molecule has 0 aromatic heterocycles. The Morgan fingerprint density at radius 3 is 2.44 bits per heavy atom. The van der Waals surface area contributed by atoms with Crippen LogP contribution in [0.5, 0.6) is 0 Å². The summed E-state index contributed by atoms with van der Waals surface area (Å²) in [6, 6.07) is 0.597. The van der Waals surface area contributed by atoms with E-state index < -0.39 is 0 Å². The average Bonchev–Trinajstić information content (AvgIpc) is 3.10. The summed E-state index contributed by atoms with van der Waals surface area (Å²) in [4.78, 5) is 14.8. The third kappa shape index (κ3) is 2.87. The van der Waals surface area contributed by atoms with E-state index in [4.69, 9.17) is 0 Å². The van der Waals surface area contributed by atoms with Crippen molar-refractivity contribution in [3.8, 4) is 0 Å². The van der Waals surface area contributed by atoms with Gasteiger partial charge in [0, 0.05) is 19.1 Å². The van der Waals surface area contributed by atoms with E-state index in [0.717, 1.165) is 32.0 Å². The first-order valence-electron chi connectivity index (χ1n) is 7.86. The van der Waals surface area contributed by atoms with E-state index >= 15 is 0 Å². The van der Waals surface area contributed by atoms with Gasteiger partial charge < -0.3 is 10.2 Å². The smallest absolute Gasteiger partial charge is 0.227 e. The number of hydrogen-bond acceptors (Lipinski definition) is 2. The van der Waals surface area contributed by atoms with Crippen LogP contribution in [0.4, 0.5) is 0 Å². The van der Waals surface area contributed by atoms with Gasteiger partial charge in [0.2, 0.25) is 5.91 Å². The van der Waals surface area contributed by atoms with Gasteiger partial charge in [-0.25, -0.2) is 0 Å². The van der Waals surface area contributed by atoms with Gasteiger partial charge >= 0.3 is 0 Å². The van der Waals surface area contributed by atoms with Crippen LogP contribution in [-0.4, -0.2) is 36.5 Å². The Hall–Kier alpha value is -0.570. The molecule has 1 aliphatic heterocycles. The van der Waals surface area contributed by atoms with E-state index in [2.05, 4.69) is 10.2 Å². The maximum atomic E-state index is 12.6. The number of carbonyl (C=O) groups excluding carboxylic acids is 1. The Bertz CT molecular complexity index is 289. The van der Waals surface area contributed by atoms with Gasteiger partial charge in [0.15, 0.2) is 0 Å². The Kier molecular flexibility index (Phi) is 3.88. The molecule has 3 rings (SSSR count). The minimum absolute atomic E-state index is 0.272. The zero-order valence-electron chi connectivity index (χ0n) is 11.4. The zero-order valence-corrected chi connectivity index (χ0v) is 11.4. The van der Waals surface area contributed by atoms with E-state index in [1.54, 1.807) is 0 Å². The quantitative estimate of drug-likeness (QED) is 0.829. The molecule has 3 aliphatic rings. The summed E-state index contributed by atoms with van der Waals surface area (Å²) < 4.78 is 0. The van der Waals surface area contributed by atoms with Crippen molar-refractivity contribution in [1.29, 1.82) is 0 Å². The van der Waals surface area contributed by atoms with Crippen molar-refractivity contribution >= 4 is 5.91 Å². The van der Waals surface area contributed by atoms with Crippen molar-refractivity contribution in [2.24, 2.45) is 11.8 Å². The fourth-order valence-corrected chi connectivity index (χ4v) is 3.55. The van der Waals surface area contributed by atoms with Crippen LogP contribution in [0.2, 0.25) is 0 Å². The maximum absolute atomic E-state index is 12.6. The lowest BCUT2D eigenvalue weighted by Crippen LogP contribution is -2.42. The molecule has 3 fully saturated rings. The highest BCUT2D eigenvalue weighted by Crippen LogP contribution is 2.32. The molecule has 1 heterocycles. The highest BCUT2D eigenvalue weighted by Gasteiger charge is 2.37. The van der Waals surface area contributed by atoms with Crippen LogP contribution >= 0.6 is 0 Å². The monoisotopic (exact) mass is 250 g/mol. The van der Waals surface area contributed by atoms with Gasteiger partial charge in [-0.05, 0) is 44.6 Å². The van der Waals surface area contributed by atoms with Gasteiger partial charge in [-0.1, -0.05) is 19.3 Å². The summed E-state index contributed by atoms with van der Waals surface area (Å²) in [6.45, 7) is 2.99. The molecule has 0 bridgehead atoms. The van der Waals surface area contributed by atoms with Crippen molar-refractivity contribution in [3.63, 3.8) is 0 Å². The van der Waals surface area contributed by atoms with Crippen molar-refractivity contribution < 1.29 is 4.79 Å². The summed E-state index contributed by atoms with van der Waals surface area (Å²) in [5.41, 5.74) is 0. The Labute approximate surface area is 110 Å². The second kappa shape index (κ2) is 5.60. The number of carbonyl (C=O) groups is 1. The summed E-state index contributed by atoms with van der Waals surface area (Å²) >= 11 is 0. The molecule has 2 saturated carbocycles. The lowest BCUT2D eigenvalue weighted by Gasteiger charge is -2.31. The SMILES string of the molecule is O=C(C1CCNC1)N(CC1CCCCC1)C1CC1. The first-order chi connectivity index (χ1) is 8.84.